The van der Waals surface area contributed by atoms with Gasteiger partial charge in [-0.3, -0.25) is 4.79 Å². The van der Waals surface area contributed by atoms with Gasteiger partial charge < -0.3 is 16.4 Å². The van der Waals surface area contributed by atoms with Gasteiger partial charge in [-0.25, -0.2) is 0 Å². The second kappa shape index (κ2) is 6.79. The van der Waals surface area contributed by atoms with E-state index < -0.39 is 0 Å². The van der Waals surface area contributed by atoms with Gasteiger partial charge in [0.25, 0.3) is 0 Å². The zero-order valence-corrected chi connectivity index (χ0v) is 8.72. The van der Waals surface area contributed by atoms with Gasteiger partial charge in [-0.15, -0.1) is 0 Å². The number of rotatable bonds is 5. The van der Waals surface area contributed by atoms with Crippen molar-refractivity contribution in [3.8, 4) is 0 Å². The largest absolute Gasteiger partial charge is 0.355 e. The number of piperidine rings is 1. The number of nitrogens with two attached hydrogens (primary N) is 1. The molecule has 1 fully saturated rings. The first-order valence-corrected chi connectivity index (χ1v) is 5.53. The Morgan fingerprint density at radius 2 is 2.36 bits per heavy atom. The monoisotopic (exact) mass is 199 g/mol. The van der Waals surface area contributed by atoms with E-state index in [1.807, 2.05) is 0 Å². The maximum atomic E-state index is 11.3. The van der Waals surface area contributed by atoms with Crippen LogP contribution in [0, 0.1) is 0 Å². The molecule has 0 aromatic heterocycles. The number of carbonyl (C=O) groups excluding carboxylic acids is 1. The summed E-state index contributed by atoms with van der Waals surface area (Å²) in [6, 6.07) is 0.548. The fourth-order valence-corrected chi connectivity index (χ4v) is 1.78. The second-order valence-corrected chi connectivity index (χ2v) is 3.82. The Hall–Kier alpha value is -0.610. The summed E-state index contributed by atoms with van der Waals surface area (Å²) in [5, 5.41) is 6.21. The Labute approximate surface area is 85.6 Å². The van der Waals surface area contributed by atoms with Crippen LogP contribution in [0.15, 0.2) is 0 Å². The summed E-state index contributed by atoms with van der Waals surface area (Å²) in [6.07, 6.45) is 5.36. The molecule has 4 N–H and O–H groups in total. The fraction of sp³-hybridized carbons (Fsp3) is 0.900. The number of hydrogen-bond donors (Lipinski definition) is 3. The summed E-state index contributed by atoms with van der Waals surface area (Å²) >= 11 is 0. The molecule has 1 aliphatic heterocycles. The number of hydrogen-bond acceptors (Lipinski definition) is 3. The van der Waals surface area contributed by atoms with Crippen LogP contribution in [0.1, 0.15) is 32.1 Å². The van der Waals surface area contributed by atoms with Gasteiger partial charge in [0.1, 0.15) is 0 Å². The standard InChI is InChI=1S/C10H21N3O/c11-6-8-13-10(14)5-4-9-3-1-2-7-12-9/h9,12H,1-8,11H2,(H,13,14). The van der Waals surface area contributed by atoms with Gasteiger partial charge in [0.2, 0.25) is 5.91 Å². The van der Waals surface area contributed by atoms with Crippen LogP contribution < -0.4 is 16.4 Å². The quantitative estimate of drug-likeness (QED) is 0.583. The second-order valence-electron chi connectivity index (χ2n) is 3.82. The summed E-state index contributed by atoms with van der Waals surface area (Å²) in [7, 11) is 0. The first-order valence-electron chi connectivity index (χ1n) is 5.53. The van der Waals surface area contributed by atoms with Crippen molar-refractivity contribution in [2.45, 2.75) is 38.1 Å². The molecule has 14 heavy (non-hydrogen) atoms. The minimum Gasteiger partial charge on any atom is -0.355 e. The van der Waals surface area contributed by atoms with E-state index >= 15 is 0 Å². The van der Waals surface area contributed by atoms with Crippen molar-refractivity contribution < 1.29 is 4.79 Å². The van der Waals surface area contributed by atoms with E-state index in [0.29, 0.717) is 25.6 Å². The van der Waals surface area contributed by atoms with Gasteiger partial charge in [-0.1, -0.05) is 6.42 Å². The minimum atomic E-state index is 0.128. The van der Waals surface area contributed by atoms with Gasteiger partial charge in [-0.2, -0.15) is 0 Å². The van der Waals surface area contributed by atoms with Crippen LogP contribution in [0.5, 0.6) is 0 Å². The zero-order chi connectivity index (χ0) is 10.2. The summed E-state index contributed by atoms with van der Waals surface area (Å²) in [5.74, 6) is 0.128. The van der Waals surface area contributed by atoms with Crippen molar-refractivity contribution in [2.75, 3.05) is 19.6 Å². The molecule has 0 bridgehead atoms. The highest BCUT2D eigenvalue weighted by Gasteiger charge is 2.13. The number of carbonyl (C=O) groups is 1. The summed E-state index contributed by atoms with van der Waals surface area (Å²) < 4.78 is 0. The first-order chi connectivity index (χ1) is 6.83. The molecular weight excluding hydrogens is 178 g/mol. The molecular formula is C10H21N3O. The summed E-state index contributed by atoms with van der Waals surface area (Å²) in [4.78, 5) is 11.3. The topological polar surface area (TPSA) is 67.1 Å². The third-order valence-corrected chi connectivity index (χ3v) is 2.60. The van der Waals surface area contributed by atoms with Crippen LogP contribution in [0.25, 0.3) is 0 Å². The maximum absolute atomic E-state index is 11.3. The Kier molecular flexibility index (Phi) is 5.56. The smallest absolute Gasteiger partial charge is 0.220 e. The van der Waals surface area contributed by atoms with Crippen LogP contribution in [0.4, 0.5) is 0 Å². The molecule has 0 saturated carbocycles. The van der Waals surface area contributed by atoms with E-state index in [1.54, 1.807) is 0 Å². The van der Waals surface area contributed by atoms with Crippen LogP contribution in [-0.2, 0) is 4.79 Å². The van der Waals surface area contributed by atoms with E-state index in [9.17, 15) is 4.79 Å². The maximum Gasteiger partial charge on any atom is 0.220 e. The van der Waals surface area contributed by atoms with Crippen LogP contribution in [0.3, 0.4) is 0 Å². The molecule has 4 heteroatoms. The molecule has 0 aromatic rings. The molecule has 1 amide bonds. The lowest BCUT2D eigenvalue weighted by Crippen LogP contribution is -2.36. The highest BCUT2D eigenvalue weighted by molar-refractivity contribution is 5.75. The molecule has 1 heterocycles. The third kappa shape index (κ3) is 4.58. The average molecular weight is 199 g/mol. The van der Waals surface area contributed by atoms with E-state index in [1.165, 1.54) is 19.3 Å². The lowest BCUT2D eigenvalue weighted by atomic mass is 10.0. The van der Waals surface area contributed by atoms with Crippen molar-refractivity contribution in [1.82, 2.24) is 10.6 Å². The van der Waals surface area contributed by atoms with Crippen molar-refractivity contribution >= 4 is 5.91 Å². The molecule has 4 nitrogen and oxygen atoms in total. The first kappa shape index (κ1) is 11.5. The van der Waals surface area contributed by atoms with E-state index in [2.05, 4.69) is 10.6 Å². The van der Waals surface area contributed by atoms with Crippen molar-refractivity contribution in [2.24, 2.45) is 5.73 Å². The Morgan fingerprint density at radius 1 is 1.50 bits per heavy atom. The summed E-state index contributed by atoms with van der Waals surface area (Å²) in [5.41, 5.74) is 5.29. The molecule has 82 valence electrons. The molecule has 0 aliphatic carbocycles. The van der Waals surface area contributed by atoms with Crippen LogP contribution >= 0.6 is 0 Å². The van der Waals surface area contributed by atoms with E-state index in [0.717, 1.165) is 13.0 Å². The van der Waals surface area contributed by atoms with Gasteiger partial charge in [0.15, 0.2) is 0 Å². The molecule has 1 saturated heterocycles. The molecule has 0 spiro atoms. The fourth-order valence-electron chi connectivity index (χ4n) is 1.78. The molecule has 1 rings (SSSR count). The van der Waals surface area contributed by atoms with Crippen LogP contribution in [-0.4, -0.2) is 31.6 Å². The highest BCUT2D eigenvalue weighted by atomic mass is 16.1. The predicted octanol–water partition coefficient (Wildman–Crippen LogP) is -0.0164. The Balaban J connectivity index is 2.03. The number of nitrogens with one attached hydrogen (secondary N) is 2. The molecule has 1 unspecified atom stereocenters. The molecule has 0 radical (unpaired) electrons. The third-order valence-electron chi connectivity index (χ3n) is 2.60. The van der Waals surface area contributed by atoms with Gasteiger partial charge >= 0.3 is 0 Å². The summed E-state index contributed by atoms with van der Waals surface area (Å²) in [6.45, 7) is 2.22. The Bertz CT molecular complexity index is 167. The molecule has 1 atom stereocenters. The minimum absolute atomic E-state index is 0.128. The number of amides is 1. The predicted molar refractivity (Wildman–Crippen MR) is 56.9 cm³/mol. The van der Waals surface area contributed by atoms with Gasteiger partial charge in [-0.05, 0) is 25.8 Å². The molecule has 1 aliphatic rings. The van der Waals surface area contributed by atoms with Crippen molar-refractivity contribution in [3.05, 3.63) is 0 Å². The zero-order valence-electron chi connectivity index (χ0n) is 8.72. The normalized spacial score (nSPS) is 21.9. The Morgan fingerprint density at radius 3 is 3.00 bits per heavy atom. The van der Waals surface area contributed by atoms with Crippen LogP contribution in [0.2, 0.25) is 0 Å². The van der Waals surface area contributed by atoms with E-state index in [-0.39, 0.29) is 5.91 Å². The van der Waals surface area contributed by atoms with Crippen molar-refractivity contribution in [3.63, 3.8) is 0 Å². The van der Waals surface area contributed by atoms with E-state index in [4.69, 9.17) is 5.73 Å². The highest BCUT2D eigenvalue weighted by Crippen LogP contribution is 2.11. The SMILES string of the molecule is NCCNC(=O)CCC1CCCCN1. The average Bonchev–Trinajstić information content (AvgIpc) is 2.25. The molecule has 0 aromatic carbocycles. The van der Waals surface area contributed by atoms with Gasteiger partial charge in [0.05, 0.1) is 0 Å². The lowest BCUT2D eigenvalue weighted by molar-refractivity contribution is -0.121. The van der Waals surface area contributed by atoms with Gasteiger partial charge in [0, 0.05) is 25.6 Å². The lowest BCUT2D eigenvalue weighted by Gasteiger charge is -2.22. The van der Waals surface area contributed by atoms with Crippen molar-refractivity contribution in [1.29, 1.82) is 0 Å².